The van der Waals surface area contributed by atoms with E-state index in [1.165, 1.54) is 35.8 Å². The van der Waals surface area contributed by atoms with Crippen molar-refractivity contribution in [1.29, 1.82) is 0 Å². The van der Waals surface area contributed by atoms with Gasteiger partial charge in [-0.25, -0.2) is 0 Å². The highest BCUT2D eigenvalue weighted by molar-refractivity contribution is 6.05. The molecule has 1 saturated heterocycles. The van der Waals surface area contributed by atoms with Crippen LogP contribution in [0.1, 0.15) is 28.8 Å². The summed E-state index contributed by atoms with van der Waals surface area (Å²) in [5, 5.41) is 12.4. The number of aliphatic hydroxyl groups is 1. The Morgan fingerprint density at radius 3 is 2.31 bits per heavy atom. The third kappa shape index (κ3) is 6.40. The number of anilines is 1. The Balaban J connectivity index is 1.64. The largest absolute Gasteiger partial charge is 0.573 e. The predicted molar refractivity (Wildman–Crippen MR) is 135 cm³/mol. The van der Waals surface area contributed by atoms with E-state index in [1.54, 1.807) is 30.3 Å². The molecule has 0 bridgehead atoms. The Morgan fingerprint density at radius 1 is 1.08 bits per heavy atom. The summed E-state index contributed by atoms with van der Waals surface area (Å²) in [6.07, 6.45) is -4.16. The molecule has 39 heavy (non-hydrogen) atoms. The van der Waals surface area contributed by atoms with E-state index in [2.05, 4.69) is 10.1 Å². The van der Waals surface area contributed by atoms with Crippen LogP contribution in [0.2, 0.25) is 0 Å². The first-order chi connectivity index (χ1) is 18.5. The Labute approximate surface area is 221 Å². The SMILES string of the molecule is COc1ccc([C@@H]2CN(c3cccn(CC(C)O)c3=O)C(=O)[C@H]2NC(=O)c2ccc(OC(F)(F)F)cc2)cc1. The summed E-state index contributed by atoms with van der Waals surface area (Å²) in [5.41, 5.74) is 0.328. The van der Waals surface area contributed by atoms with E-state index in [4.69, 9.17) is 4.74 Å². The Morgan fingerprint density at radius 2 is 1.72 bits per heavy atom. The van der Waals surface area contributed by atoms with Crippen LogP contribution in [0.3, 0.4) is 0 Å². The summed E-state index contributed by atoms with van der Waals surface area (Å²) >= 11 is 0. The third-order valence-electron chi connectivity index (χ3n) is 6.25. The Bertz CT molecular complexity index is 1390. The van der Waals surface area contributed by atoms with Crippen LogP contribution >= 0.6 is 0 Å². The molecule has 1 aliphatic heterocycles. The van der Waals surface area contributed by atoms with Gasteiger partial charge in [-0.1, -0.05) is 12.1 Å². The van der Waals surface area contributed by atoms with Gasteiger partial charge in [-0.05, 0) is 61.0 Å². The summed E-state index contributed by atoms with van der Waals surface area (Å²) in [5.74, 6) is -1.69. The second-order valence-electron chi connectivity index (χ2n) is 9.05. The van der Waals surface area contributed by atoms with Gasteiger partial charge < -0.3 is 29.4 Å². The summed E-state index contributed by atoms with van der Waals surface area (Å²) in [4.78, 5) is 41.1. The maximum atomic E-state index is 13.6. The molecule has 4 rings (SSSR count). The maximum absolute atomic E-state index is 13.6. The van der Waals surface area contributed by atoms with E-state index in [0.717, 1.165) is 24.3 Å². The molecule has 12 heteroatoms. The number of benzene rings is 2. The van der Waals surface area contributed by atoms with E-state index >= 15 is 0 Å². The topological polar surface area (TPSA) is 110 Å². The molecule has 3 aromatic rings. The lowest BCUT2D eigenvalue weighted by molar-refractivity contribution is -0.274. The molecule has 0 spiro atoms. The molecule has 9 nitrogen and oxygen atoms in total. The molecule has 1 unspecified atom stereocenters. The molecule has 1 fully saturated rings. The maximum Gasteiger partial charge on any atom is 0.573 e. The summed E-state index contributed by atoms with van der Waals surface area (Å²) in [7, 11) is 1.51. The zero-order valence-corrected chi connectivity index (χ0v) is 21.0. The molecule has 3 atom stereocenters. The minimum Gasteiger partial charge on any atom is -0.497 e. The summed E-state index contributed by atoms with van der Waals surface area (Å²) in [6, 6.07) is 13.2. The van der Waals surface area contributed by atoms with Crippen molar-refractivity contribution in [3.05, 3.63) is 88.3 Å². The Hall–Kier alpha value is -4.32. The number of halogens is 3. The number of alkyl halides is 3. The van der Waals surface area contributed by atoms with Gasteiger partial charge >= 0.3 is 6.36 Å². The van der Waals surface area contributed by atoms with Gasteiger partial charge in [0.15, 0.2) is 0 Å². The van der Waals surface area contributed by atoms with Crippen LogP contribution in [0.25, 0.3) is 0 Å². The van der Waals surface area contributed by atoms with Gasteiger partial charge in [-0.15, -0.1) is 13.2 Å². The van der Waals surface area contributed by atoms with Crippen molar-refractivity contribution in [2.45, 2.75) is 37.9 Å². The molecular formula is C27H26F3N3O6. The number of nitrogens with zero attached hydrogens (tertiary/aromatic N) is 2. The third-order valence-corrected chi connectivity index (χ3v) is 6.25. The van der Waals surface area contributed by atoms with Crippen molar-refractivity contribution in [1.82, 2.24) is 9.88 Å². The molecule has 1 aromatic heterocycles. The van der Waals surface area contributed by atoms with E-state index in [-0.39, 0.29) is 24.3 Å². The normalized spacial score (nSPS) is 18.1. The first-order valence-electron chi connectivity index (χ1n) is 12.0. The molecule has 2 amide bonds. The summed E-state index contributed by atoms with van der Waals surface area (Å²) < 4.78 is 47.7. The second-order valence-corrected chi connectivity index (χ2v) is 9.05. The van der Waals surface area contributed by atoms with Crippen molar-refractivity contribution in [2.75, 3.05) is 18.6 Å². The minimum absolute atomic E-state index is 0.0169. The molecule has 2 heterocycles. The average Bonchev–Trinajstić information content (AvgIpc) is 3.20. The van der Waals surface area contributed by atoms with E-state index < -0.39 is 47.5 Å². The van der Waals surface area contributed by atoms with Crippen LogP contribution in [0.5, 0.6) is 11.5 Å². The number of aliphatic hydroxyl groups excluding tert-OH is 1. The lowest BCUT2D eigenvalue weighted by atomic mass is 9.93. The van der Waals surface area contributed by atoms with Gasteiger partial charge in [0.2, 0.25) is 5.91 Å². The standard InChI is InChI=1S/C27H26F3N3O6/c1-16(34)14-32-13-3-4-22(25(32)36)33-15-21(17-5-9-19(38-2)10-6-17)23(26(33)37)31-24(35)18-7-11-20(12-8-18)39-27(28,29)30/h3-13,16,21,23,34H,14-15H2,1-2H3,(H,31,35)/t16?,21-,23-/m0/s1. The van der Waals surface area contributed by atoms with Crippen LogP contribution < -0.4 is 25.2 Å². The number of amides is 2. The summed E-state index contributed by atoms with van der Waals surface area (Å²) in [6.45, 7) is 1.64. The van der Waals surface area contributed by atoms with Crippen LogP contribution in [-0.2, 0) is 11.3 Å². The number of rotatable bonds is 8. The van der Waals surface area contributed by atoms with Gasteiger partial charge in [0.1, 0.15) is 23.2 Å². The van der Waals surface area contributed by atoms with E-state index in [0.29, 0.717) is 11.3 Å². The van der Waals surface area contributed by atoms with Crippen molar-refractivity contribution in [3.8, 4) is 11.5 Å². The number of pyridine rings is 1. The van der Waals surface area contributed by atoms with Crippen molar-refractivity contribution < 1.29 is 37.3 Å². The van der Waals surface area contributed by atoms with Crippen LogP contribution in [-0.4, -0.2) is 53.7 Å². The quantitative estimate of drug-likeness (QED) is 0.450. The number of hydrogen-bond donors (Lipinski definition) is 2. The molecule has 206 valence electrons. The number of methoxy groups -OCH3 is 1. The van der Waals surface area contributed by atoms with E-state index in [9.17, 15) is 32.7 Å². The van der Waals surface area contributed by atoms with Gasteiger partial charge in [-0.2, -0.15) is 0 Å². The van der Waals surface area contributed by atoms with Gasteiger partial charge in [0.25, 0.3) is 11.5 Å². The highest BCUT2D eigenvalue weighted by Crippen LogP contribution is 2.32. The van der Waals surface area contributed by atoms with Crippen LogP contribution in [0, 0.1) is 0 Å². The smallest absolute Gasteiger partial charge is 0.497 e. The number of ether oxygens (including phenoxy) is 2. The predicted octanol–water partition coefficient (Wildman–Crippen LogP) is 3.07. The fourth-order valence-corrected chi connectivity index (χ4v) is 4.45. The highest BCUT2D eigenvalue weighted by atomic mass is 19.4. The van der Waals surface area contributed by atoms with Crippen molar-refractivity contribution in [2.24, 2.45) is 0 Å². The highest BCUT2D eigenvalue weighted by Gasteiger charge is 2.43. The van der Waals surface area contributed by atoms with Crippen molar-refractivity contribution >= 4 is 17.5 Å². The number of nitrogens with one attached hydrogen (secondary N) is 1. The number of hydrogen-bond acceptors (Lipinski definition) is 6. The molecule has 1 aliphatic rings. The number of carbonyl (C=O) groups is 2. The monoisotopic (exact) mass is 545 g/mol. The minimum atomic E-state index is -4.87. The molecule has 0 radical (unpaired) electrons. The zero-order valence-electron chi connectivity index (χ0n) is 21.0. The van der Waals surface area contributed by atoms with Gasteiger partial charge in [0, 0.05) is 24.2 Å². The lowest BCUT2D eigenvalue weighted by Gasteiger charge is -2.19. The second kappa shape index (κ2) is 11.2. The van der Waals surface area contributed by atoms with Crippen LogP contribution in [0.4, 0.5) is 18.9 Å². The molecule has 0 saturated carbocycles. The molecule has 0 aliphatic carbocycles. The lowest BCUT2D eigenvalue weighted by Crippen LogP contribution is -2.44. The van der Waals surface area contributed by atoms with Crippen molar-refractivity contribution in [3.63, 3.8) is 0 Å². The van der Waals surface area contributed by atoms with Gasteiger partial charge in [-0.3, -0.25) is 14.4 Å². The molecular weight excluding hydrogens is 519 g/mol. The van der Waals surface area contributed by atoms with Crippen LogP contribution in [0.15, 0.2) is 71.7 Å². The Kier molecular flexibility index (Phi) is 7.95. The fourth-order valence-electron chi connectivity index (χ4n) is 4.45. The number of aromatic nitrogens is 1. The van der Waals surface area contributed by atoms with Gasteiger partial charge in [0.05, 0.1) is 19.8 Å². The fraction of sp³-hybridized carbons (Fsp3) is 0.296. The molecule has 2 N–H and O–H groups in total. The first kappa shape index (κ1) is 27.7. The average molecular weight is 546 g/mol. The molecule has 2 aromatic carbocycles. The number of carbonyl (C=O) groups excluding carboxylic acids is 2. The first-order valence-corrected chi connectivity index (χ1v) is 12.0. The van der Waals surface area contributed by atoms with E-state index in [1.807, 2.05) is 0 Å². The zero-order chi connectivity index (χ0) is 28.3.